The molecule has 0 aliphatic carbocycles. The zero-order valence-electron chi connectivity index (χ0n) is 13.1. The molecule has 23 heavy (non-hydrogen) atoms. The summed E-state index contributed by atoms with van der Waals surface area (Å²) in [4.78, 5) is 35.4. The van der Waals surface area contributed by atoms with Crippen molar-refractivity contribution in [2.45, 2.75) is 6.42 Å². The number of benzene rings is 1. The van der Waals surface area contributed by atoms with Gasteiger partial charge in [0.2, 0.25) is 11.8 Å². The molecule has 1 rings (SSSR count). The highest BCUT2D eigenvalue weighted by molar-refractivity contribution is 8.00. The Labute approximate surface area is 139 Å². The summed E-state index contributed by atoms with van der Waals surface area (Å²) in [6.45, 7) is 0.155. The first-order valence-electron chi connectivity index (χ1n) is 6.90. The molecule has 0 radical (unpaired) electrons. The Kier molecular flexibility index (Phi) is 7.96. The molecule has 8 heteroatoms. The Bertz CT molecular complexity index is 565. The van der Waals surface area contributed by atoms with Gasteiger partial charge in [-0.1, -0.05) is 12.1 Å². The number of ether oxygens (including phenoxy) is 1. The molecule has 0 aliphatic heterocycles. The summed E-state index contributed by atoms with van der Waals surface area (Å²) in [6, 6.07) is 7.05. The van der Waals surface area contributed by atoms with Crippen molar-refractivity contribution in [3.05, 3.63) is 24.3 Å². The minimum Gasteiger partial charge on any atom is -0.495 e. The molecule has 0 fully saturated rings. The fourth-order valence-electron chi connectivity index (χ4n) is 1.66. The van der Waals surface area contributed by atoms with E-state index in [-0.39, 0.29) is 36.3 Å². The van der Waals surface area contributed by atoms with Crippen molar-refractivity contribution in [3.8, 4) is 5.75 Å². The number of para-hydroxylation sites is 2. The minimum atomic E-state index is -0.950. The molecule has 1 aromatic carbocycles. The van der Waals surface area contributed by atoms with Crippen molar-refractivity contribution in [1.29, 1.82) is 0 Å². The largest absolute Gasteiger partial charge is 0.495 e. The topological polar surface area (TPSA) is 95.9 Å². The number of carbonyl (C=O) groups excluding carboxylic acids is 2. The average molecular weight is 340 g/mol. The maximum Gasteiger partial charge on any atom is 0.305 e. The zero-order valence-corrected chi connectivity index (χ0v) is 13.9. The van der Waals surface area contributed by atoms with Crippen LogP contribution in [0.15, 0.2) is 24.3 Å². The van der Waals surface area contributed by atoms with Gasteiger partial charge in [-0.3, -0.25) is 14.4 Å². The van der Waals surface area contributed by atoms with E-state index in [0.717, 1.165) is 0 Å². The number of thioether (sulfide) groups is 1. The van der Waals surface area contributed by atoms with E-state index >= 15 is 0 Å². The van der Waals surface area contributed by atoms with E-state index in [1.165, 1.54) is 23.8 Å². The van der Waals surface area contributed by atoms with Gasteiger partial charge in [0.15, 0.2) is 0 Å². The molecule has 0 aliphatic rings. The summed E-state index contributed by atoms with van der Waals surface area (Å²) in [6.07, 6.45) is -0.0960. The van der Waals surface area contributed by atoms with Gasteiger partial charge in [0.05, 0.1) is 30.7 Å². The summed E-state index contributed by atoms with van der Waals surface area (Å²) in [5.41, 5.74) is 0.575. The molecule has 126 valence electrons. The van der Waals surface area contributed by atoms with Crippen molar-refractivity contribution in [2.24, 2.45) is 0 Å². The van der Waals surface area contributed by atoms with Gasteiger partial charge in [0.1, 0.15) is 5.75 Å². The highest BCUT2D eigenvalue weighted by Gasteiger charge is 2.12. The number of carboxylic acids is 1. The number of rotatable bonds is 9. The van der Waals surface area contributed by atoms with E-state index < -0.39 is 5.97 Å². The highest BCUT2D eigenvalue weighted by Crippen LogP contribution is 2.23. The van der Waals surface area contributed by atoms with E-state index in [4.69, 9.17) is 9.84 Å². The third-order valence-corrected chi connectivity index (χ3v) is 3.84. The van der Waals surface area contributed by atoms with Crippen molar-refractivity contribution in [1.82, 2.24) is 4.90 Å². The van der Waals surface area contributed by atoms with E-state index in [9.17, 15) is 14.4 Å². The van der Waals surface area contributed by atoms with Gasteiger partial charge >= 0.3 is 5.97 Å². The van der Waals surface area contributed by atoms with Crippen LogP contribution in [-0.4, -0.2) is 60.0 Å². The Hall–Kier alpha value is -2.22. The van der Waals surface area contributed by atoms with Crippen molar-refractivity contribution in [3.63, 3.8) is 0 Å². The summed E-state index contributed by atoms with van der Waals surface area (Å²) >= 11 is 1.17. The van der Waals surface area contributed by atoms with Crippen LogP contribution in [0, 0.1) is 0 Å². The lowest BCUT2D eigenvalue weighted by molar-refractivity contribution is -0.137. The molecule has 7 nitrogen and oxygen atoms in total. The van der Waals surface area contributed by atoms with Crippen LogP contribution in [0.4, 0.5) is 5.69 Å². The molecule has 0 bridgehead atoms. The third-order valence-electron chi connectivity index (χ3n) is 2.93. The number of carbonyl (C=O) groups is 3. The number of hydrogen-bond acceptors (Lipinski definition) is 5. The molecule has 0 saturated carbocycles. The molecular weight excluding hydrogens is 320 g/mol. The van der Waals surface area contributed by atoms with Gasteiger partial charge < -0.3 is 20.1 Å². The van der Waals surface area contributed by atoms with Crippen LogP contribution in [0.5, 0.6) is 5.75 Å². The number of aliphatic carboxylic acids is 1. The standard InChI is InChI=1S/C15H20N2O5S/c1-17(8-7-15(20)21)14(19)10-23-9-13(18)16-11-5-3-4-6-12(11)22-2/h3-6H,7-10H2,1-2H3,(H,16,18)(H,20,21). The molecule has 2 N–H and O–H groups in total. The monoisotopic (exact) mass is 340 g/mol. The number of amides is 2. The van der Waals surface area contributed by atoms with Gasteiger partial charge in [-0.05, 0) is 12.1 Å². The number of anilines is 1. The fraction of sp³-hybridized carbons (Fsp3) is 0.400. The molecule has 0 spiro atoms. The van der Waals surface area contributed by atoms with Gasteiger partial charge in [-0.15, -0.1) is 11.8 Å². The van der Waals surface area contributed by atoms with E-state index in [0.29, 0.717) is 11.4 Å². The molecule has 1 aromatic rings. The van der Waals surface area contributed by atoms with Crippen molar-refractivity contribution >= 4 is 35.2 Å². The van der Waals surface area contributed by atoms with Gasteiger partial charge in [0, 0.05) is 13.6 Å². The SMILES string of the molecule is COc1ccccc1NC(=O)CSCC(=O)N(C)CCC(=O)O. The third kappa shape index (κ3) is 7.05. The van der Waals surface area contributed by atoms with E-state index in [2.05, 4.69) is 5.32 Å². The second-order valence-corrected chi connectivity index (χ2v) is 5.69. The van der Waals surface area contributed by atoms with Gasteiger partial charge in [-0.25, -0.2) is 0 Å². The fourth-order valence-corrected chi connectivity index (χ4v) is 2.42. The lowest BCUT2D eigenvalue weighted by atomic mass is 10.3. The second-order valence-electron chi connectivity index (χ2n) is 4.70. The number of hydrogen-bond donors (Lipinski definition) is 2. The summed E-state index contributed by atoms with van der Waals surface area (Å²) < 4.78 is 5.14. The average Bonchev–Trinajstić information content (AvgIpc) is 2.52. The van der Waals surface area contributed by atoms with Gasteiger partial charge in [0.25, 0.3) is 0 Å². The van der Waals surface area contributed by atoms with Crippen LogP contribution < -0.4 is 10.1 Å². The summed E-state index contributed by atoms with van der Waals surface area (Å²) in [5.74, 6) is -0.586. The molecule has 0 atom stereocenters. The Morgan fingerprint density at radius 1 is 1.26 bits per heavy atom. The maximum absolute atomic E-state index is 11.9. The first-order valence-corrected chi connectivity index (χ1v) is 8.06. The Morgan fingerprint density at radius 2 is 1.96 bits per heavy atom. The molecule has 0 aromatic heterocycles. The predicted octanol–water partition coefficient (Wildman–Crippen LogP) is 1.30. The molecule has 0 saturated heterocycles. The van der Waals surface area contributed by atoms with Crippen LogP contribution in [0.25, 0.3) is 0 Å². The van der Waals surface area contributed by atoms with E-state index in [1.807, 2.05) is 0 Å². The normalized spacial score (nSPS) is 10.0. The number of carboxylic acid groups (broad SMARTS) is 1. The quantitative estimate of drug-likeness (QED) is 0.703. The van der Waals surface area contributed by atoms with Crippen LogP contribution in [-0.2, 0) is 14.4 Å². The highest BCUT2D eigenvalue weighted by atomic mass is 32.2. The van der Waals surface area contributed by atoms with Crippen LogP contribution >= 0.6 is 11.8 Å². The molecule has 2 amide bonds. The molecule has 0 heterocycles. The van der Waals surface area contributed by atoms with Gasteiger partial charge in [-0.2, -0.15) is 0 Å². The lowest BCUT2D eigenvalue weighted by Gasteiger charge is -2.15. The Morgan fingerprint density at radius 3 is 2.61 bits per heavy atom. The molecular formula is C15H20N2O5S. The van der Waals surface area contributed by atoms with Crippen molar-refractivity contribution in [2.75, 3.05) is 37.5 Å². The maximum atomic E-state index is 11.9. The summed E-state index contributed by atoms with van der Waals surface area (Å²) in [5, 5.41) is 11.3. The lowest BCUT2D eigenvalue weighted by Crippen LogP contribution is -2.31. The smallest absolute Gasteiger partial charge is 0.305 e. The molecule has 0 unspecified atom stereocenters. The minimum absolute atomic E-state index is 0.0960. The van der Waals surface area contributed by atoms with Crippen LogP contribution in [0.2, 0.25) is 0 Å². The first kappa shape index (κ1) is 18.8. The predicted molar refractivity (Wildman–Crippen MR) is 88.8 cm³/mol. The number of methoxy groups -OCH3 is 1. The number of nitrogens with zero attached hydrogens (tertiary/aromatic N) is 1. The second kappa shape index (κ2) is 9.73. The zero-order chi connectivity index (χ0) is 17.2. The Balaban J connectivity index is 2.33. The number of nitrogens with one attached hydrogen (secondary N) is 1. The van der Waals surface area contributed by atoms with E-state index in [1.54, 1.807) is 31.3 Å². The van der Waals surface area contributed by atoms with Crippen LogP contribution in [0.3, 0.4) is 0 Å². The first-order chi connectivity index (χ1) is 10.9. The summed E-state index contributed by atoms with van der Waals surface area (Å²) in [7, 11) is 3.06. The van der Waals surface area contributed by atoms with Crippen molar-refractivity contribution < 1.29 is 24.2 Å². The van der Waals surface area contributed by atoms with Crippen LogP contribution in [0.1, 0.15) is 6.42 Å².